The van der Waals surface area contributed by atoms with E-state index in [9.17, 15) is 9.59 Å². The van der Waals surface area contributed by atoms with Gasteiger partial charge in [0.2, 0.25) is 0 Å². The number of amides is 2. The van der Waals surface area contributed by atoms with Gasteiger partial charge in [-0.25, -0.2) is 4.79 Å². The van der Waals surface area contributed by atoms with Crippen LogP contribution < -0.4 is 5.32 Å². The molecule has 1 fully saturated rings. The summed E-state index contributed by atoms with van der Waals surface area (Å²) in [5.74, 6) is -0.122. The summed E-state index contributed by atoms with van der Waals surface area (Å²) in [7, 11) is 0. The molecule has 1 N–H and O–H groups in total. The Morgan fingerprint density at radius 1 is 1.07 bits per heavy atom. The molecule has 1 aromatic carbocycles. The van der Waals surface area contributed by atoms with Gasteiger partial charge in [-0.15, -0.1) is 0 Å². The number of hydrogen-bond acceptors (Lipinski definition) is 3. The summed E-state index contributed by atoms with van der Waals surface area (Å²) in [6.07, 6.45) is 3.26. The highest BCUT2D eigenvalue weighted by Gasteiger charge is 2.28. The minimum Gasteiger partial charge on any atom is -0.444 e. The van der Waals surface area contributed by atoms with Crippen LogP contribution in [-0.4, -0.2) is 40.2 Å². The fourth-order valence-corrected chi connectivity index (χ4v) is 3.39. The Labute approximate surface area is 166 Å². The molecule has 1 aliphatic rings. The second-order valence-corrected chi connectivity index (χ2v) is 8.32. The average molecular weight is 383 g/mol. The molecule has 150 valence electrons. The van der Waals surface area contributed by atoms with Crippen LogP contribution in [0.1, 0.15) is 55.7 Å². The van der Waals surface area contributed by atoms with Crippen molar-refractivity contribution in [2.75, 3.05) is 18.4 Å². The van der Waals surface area contributed by atoms with Crippen LogP contribution >= 0.6 is 0 Å². The van der Waals surface area contributed by atoms with Gasteiger partial charge >= 0.3 is 6.09 Å². The smallest absolute Gasteiger partial charge is 0.410 e. The summed E-state index contributed by atoms with van der Waals surface area (Å²) in [5.41, 5.74) is 2.08. The van der Waals surface area contributed by atoms with E-state index < -0.39 is 5.60 Å². The molecule has 6 heteroatoms. The highest BCUT2D eigenvalue weighted by Crippen LogP contribution is 2.26. The Bertz CT molecular complexity index is 825. The van der Waals surface area contributed by atoms with Gasteiger partial charge in [-0.1, -0.05) is 17.7 Å². The molecule has 0 bridgehead atoms. The fourth-order valence-electron chi connectivity index (χ4n) is 3.39. The molecular weight excluding hydrogens is 354 g/mol. The van der Waals surface area contributed by atoms with Crippen LogP contribution in [0.25, 0.3) is 0 Å². The van der Waals surface area contributed by atoms with E-state index in [-0.39, 0.29) is 18.0 Å². The summed E-state index contributed by atoms with van der Waals surface area (Å²) in [4.78, 5) is 26.7. The Hall–Kier alpha value is -2.76. The van der Waals surface area contributed by atoms with E-state index in [1.165, 1.54) is 0 Å². The lowest BCUT2D eigenvalue weighted by Gasteiger charge is -2.34. The molecule has 0 saturated carbocycles. The number of piperidine rings is 1. The predicted octanol–water partition coefficient (Wildman–Crippen LogP) is 4.62. The van der Waals surface area contributed by atoms with Crippen LogP contribution in [0.15, 0.2) is 42.6 Å². The van der Waals surface area contributed by atoms with Gasteiger partial charge in [0.1, 0.15) is 11.3 Å². The fraction of sp³-hybridized carbons (Fsp3) is 0.455. The van der Waals surface area contributed by atoms with Crippen molar-refractivity contribution < 1.29 is 14.3 Å². The number of aryl methyl sites for hydroxylation is 1. The summed E-state index contributed by atoms with van der Waals surface area (Å²) in [6, 6.07) is 11.7. The zero-order chi connectivity index (χ0) is 20.3. The summed E-state index contributed by atoms with van der Waals surface area (Å²) >= 11 is 0. The highest BCUT2D eigenvalue weighted by atomic mass is 16.6. The van der Waals surface area contributed by atoms with Crippen molar-refractivity contribution in [3.05, 3.63) is 53.9 Å². The quantitative estimate of drug-likeness (QED) is 0.841. The standard InChI is InChI=1S/C22H29N3O3/c1-16-7-9-17(10-8-16)23-20(26)19-6-5-13-25(19)18-11-14-24(15-12-18)21(27)28-22(2,3)4/h5-10,13,18H,11-12,14-15H2,1-4H3,(H,23,26). The van der Waals surface area contributed by atoms with Crippen molar-refractivity contribution in [2.24, 2.45) is 0 Å². The van der Waals surface area contributed by atoms with Gasteiger partial charge in [0, 0.05) is 31.0 Å². The van der Waals surface area contributed by atoms with E-state index in [2.05, 4.69) is 5.32 Å². The summed E-state index contributed by atoms with van der Waals surface area (Å²) in [5, 5.41) is 2.96. The van der Waals surface area contributed by atoms with Gasteiger partial charge in [0.15, 0.2) is 0 Å². The third-order valence-corrected chi connectivity index (χ3v) is 4.83. The second-order valence-electron chi connectivity index (χ2n) is 8.32. The Balaban J connectivity index is 1.62. The number of carbonyl (C=O) groups excluding carboxylic acids is 2. The van der Waals surface area contributed by atoms with E-state index in [0.29, 0.717) is 18.8 Å². The molecule has 2 amide bonds. The van der Waals surface area contributed by atoms with Crippen LogP contribution in [0.3, 0.4) is 0 Å². The number of ether oxygens (including phenoxy) is 1. The normalized spacial score (nSPS) is 15.4. The zero-order valence-corrected chi connectivity index (χ0v) is 17.1. The first-order valence-electron chi connectivity index (χ1n) is 9.76. The molecule has 1 aromatic heterocycles. The summed E-state index contributed by atoms with van der Waals surface area (Å²) < 4.78 is 7.48. The lowest BCUT2D eigenvalue weighted by molar-refractivity contribution is 0.0187. The predicted molar refractivity (Wildman–Crippen MR) is 110 cm³/mol. The number of nitrogens with one attached hydrogen (secondary N) is 1. The Kier molecular flexibility index (Phi) is 5.77. The molecule has 1 aliphatic heterocycles. The highest BCUT2D eigenvalue weighted by molar-refractivity contribution is 6.03. The SMILES string of the molecule is Cc1ccc(NC(=O)c2cccn2C2CCN(C(=O)OC(C)(C)C)CC2)cc1. The summed E-state index contributed by atoms with van der Waals surface area (Å²) in [6.45, 7) is 8.87. The maximum atomic E-state index is 12.7. The van der Waals surface area contributed by atoms with Crippen LogP contribution in [-0.2, 0) is 4.74 Å². The Morgan fingerprint density at radius 3 is 2.32 bits per heavy atom. The lowest BCUT2D eigenvalue weighted by atomic mass is 10.0. The van der Waals surface area contributed by atoms with Gasteiger partial charge in [0.25, 0.3) is 5.91 Å². The number of likely N-dealkylation sites (tertiary alicyclic amines) is 1. The molecule has 1 saturated heterocycles. The molecule has 0 radical (unpaired) electrons. The number of benzene rings is 1. The number of hydrogen-bond donors (Lipinski definition) is 1. The number of carbonyl (C=O) groups is 2. The molecule has 28 heavy (non-hydrogen) atoms. The van der Waals surface area contributed by atoms with Crippen molar-refractivity contribution >= 4 is 17.7 Å². The van der Waals surface area contributed by atoms with Gasteiger partial charge in [-0.2, -0.15) is 0 Å². The topological polar surface area (TPSA) is 63.6 Å². The van der Waals surface area contributed by atoms with Crippen molar-refractivity contribution in [1.29, 1.82) is 0 Å². The van der Waals surface area contributed by atoms with E-state index >= 15 is 0 Å². The molecule has 0 atom stereocenters. The Morgan fingerprint density at radius 2 is 1.71 bits per heavy atom. The van der Waals surface area contributed by atoms with Gasteiger partial charge in [-0.05, 0) is 64.8 Å². The third-order valence-electron chi connectivity index (χ3n) is 4.83. The van der Waals surface area contributed by atoms with Crippen molar-refractivity contribution in [3.63, 3.8) is 0 Å². The van der Waals surface area contributed by atoms with Crippen molar-refractivity contribution in [1.82, 2.24) is 9.47 Å². The number of anilines is 1. The molecular formula is C22H29N3O3. The van der Waals surface area contributed by atoms with Crippen LogP contribution in [0.2, 0.25) is 0 Å². The van der Waals surface area contributed by atoms with Gasteiger partial charge < -0.3 is 19.5 Å². The van der Waals surface area contributed by atoms with Gasteiger partial charge in [0.05, 0.1) is 0 Å². The number of nitrogens with zero attached hydrogens (tertiary/aromatic N) is 2. The van der Waals surface area contributed by atoms with E-state index in [1.54, 1.807) is 4.90 Å². The molecule has 0 unspecified atom stereocenters. The number of rotatable bonds is 3. The molecule has 0 spiro atoms. The van der Waals surface area contributed by atoms with E-state index in [0.717, 1.165) is 24.1 Å². The second kappa shape index (κ2) is 8.09. The average Bonchev–Trinajstić information content (AvgIpc) is 3.12. The monoisotopic (exact) mass is 383 g/mol. The molecule has 2 heterocycles. The van der Waals surface area contributed by atoms with Crippen LogP contribution in [0.4, 0.5) is 10.5 Å². The van der Waals surface area contributed by atoms with E-state index in [4.69, 9.17) is 4.74 Å². The third kappa shape index (κ3) is 4.94. The molecule has 6 nitrogen and oxygen atoms in total. The largest absolute Gasteiger partial charge is 0.444 e. The maximum Gasteiger partial charge on any atom is 0.410 e. The first-order valence-corrected chi connectivity index (χ1v) is 9.76. The first kappa shape index (κ1) is 20.0. The van der Waals surface area contributed by atoms with Crippen LogP contribution in [0.5, 0.6) is 0 Å². The van der Waals surface area contributed by atoms with Crippen molar-refractivity contribution in [3.8, 4) is 0 Å². The van der Waals surface area contributed by atoms with Gasteiger partial charge in [-0.3, -0.25) is 4.79 Å². The minimum atomic E-state index is -0.490. The molecule has 0 aliphatic carbocycles. The van der Waals surface area contributed by atoms with Crippen molar-refractivity contribution in [2.45, 2.75) is 52.2 Å². The minimum absolute atomic E-state index is 0.122. The lowest BCUT2D eigenvalue weighted by Crippen LogP contribution is -2.42. The number of aromatic nitrogens is 1. The molecule has 3 rings (SSSR count). The maximum absolute atomic E-state index is 12.7. The first-order chi connectivity index (χ1) is 13.2. The zero-order valence-electron chi connectivity index (χ0n) is 17.1. The van der Waals surface area contributed by atoms with Crippen LogP contribution in [0, 0.1) is 6.92 Å². The van der Waals surface area contributed by atoms with E-state index in [1.807, 2.05) is 74.9 Å². The molecule has 2 aromatic rings.